The van der Waals surface area contributed by atoms with E-state index < -0.39 is 11.9 Å². The topological polar surface area (TPSA) is 55.8 Å². The van der Waals surface area contributed by atoms with Gasteiger partial charge in [0, 0.05) is 16.7 Å². The Hall–Kier alpha value is -1.42. The van der Waals surface area contributed by atoms with Crippen LogP contribution in [0.2, 0.25) is 5.02 Å². The Kier molecular flexibility index (Phi) is 3.50. The van der Waals surface area contributed by atoms with Gasteiger partial charge in [-0.2, -0.15) is 0 Å². The second kappa shape index (κ2) is 5.17. The molecule has 108 valence electrons. The molecule has 4 nitrogen and oxygen atoms in total. The first-order valence-corrected chi connectivity index (χ1v) is 7.34. The number of fused-ring (bicyclic) bond motifs is 2. The predicted molar refractivity (Wildman–Crippen MR) is 75.1 cm³/mol. The van der Waals surface area contributed by atoms with Gasteiger partial charge < -0.3 is 14.6 Å². The summed E-state index contributed by atoms with van der Waals surface area (Å²) in [6.45, 7) is 2.94. The molecule has 1 N–H and O–H groups in total. The first kappa shape index (κ1) is 13.6. The van der Waals surface area contributed by atoms with E-state index in [4.69, 9.17) is 21.1 Å². The summed E-state index contributed by atoms with van der Waals surface area (Å²) in [5.41, 5.74) is 2.57. The van der Waals surface area contributed by atoms with Crippen molar-refractivity contribution in [1.82, 2.24) is 0 Å². The molecule has 0 spiro atoms. The average Bonchev–Trinajstić information content (AvgIpc) is 2.47. The largest absolute Gasteiger partial charge is 0.493 e. The fourth-order valence-corrected chi connectivity index (χ4v) is 3.35. The normalized spacial score (nSPS) is 18.3. The standard InChI is InChI=1S/C15H17ClO4/c1-8(15(17)18)11-9-4-2-7-20-14(9)12(16)10-5-3-6-19-13(10)11/h8H,2-7H2,1H3,(H,17,18). The van der Waals surface area contributed by atoms with E-state index >= 15 is 0 Å². The highest BCUT2D eigenvalue weighted by Crippen LogP contribution is 2.48. The second-order valence-corrected chi connectivity index (χ2v) is 5.68. The van der Waals surface area contributed by atoms with Crippen LogP contribution in [-0.4, -0.2) is 24.3 Å². The van der Waals surface area contributed by atoms with Gasteiger partial charge in [-0.1, -0.05) is 11.6 Å². The third-order valence-corrected chi connectivity index (χ3v) is 4.42. The van der Waals surface area contributed by atoms with Crippen LogP contribution in [0.1, 0.15) is 42.4 Å². The van der Waals surface area contributed by atoms with Crippen molar-refractivity contribution in [2.45, 2.75) is 38.5 Å². The molecular weight excluding hydrogens is 280 g/mol. The van der Waals surface area contributed by atoms with Gasteiger partial charge in [0.2, 0.25) is 0 Å². The maximum Gasteiger partial charge on any atom is 0.310 e. The zero-order valence-corrected chi connectivity index (χ0v) is 12.1. The van der Waals surface area contributed by atoms with Crippen molar-refractivity contribution < 1.29 is 19.4 Å². The van der Waals surface area contributed by atoms with Crippen molar-refractivity contribution in [2.24, 2.45) is 0 Å². The number of halogens is 1. The maximum atomic E-state index is 11.4. The lowest BCUT2D eigenvalue weighted by molar-refractivity contribution is -0.138. The zero-order chi connectivity index (χ0) is 14.3. The van der Waals surface area contributed by atoms with Crippen LogP contribution in [0, 0.1) is 0 Å². The van der Waals surface area contributed by atoms with Crippen molar-refractivity contribution in [3.8, 4) is 11.5 Å². The predicted octanol–water partition coefficient (Wildman–Crippen LogP) is 3.18. The van der Waals surface area contributed by atoms with Gasteiger partial charge in [-0.25, -0.2) is 0 Å². The highest BCUT2D eigenvalue weighted by Gasteiger charge is 2.32. The number of ether oxygens (including phenoxy) is 2. The van der Waals surface area contributed by atoms with E-state index in [9.17, 15) is 9.90 Å². The van der Waals surface area contributed by atoms with Gasteiger partial charge in [0.1, 0.15) is 11.5 Å². The minimum Gasteiger partial charge on any atom is -0.493 e. The molecule has 1 aromatic rings. The molecule has 1 unspecified atom stereocenters. The highest BCUT2D eigenvalue weighted by molar-refractivity contribution is 6.33. The van der Waals surface area contributed by atoms with E-state index in [-0.39, 0.29) is 0 Å². The Morgan fingerprint density at radius 2 is 1.75 bits per heavy atom. The van der Waals surface area contributed by atoms with Gasteiger partial charge in [0.25, 0.3) is 0 Å². The lowest BCUT2D eigenvalue weighted by Gasteiger charge is -2.30. The molecular formula is C15H17ClO4. The Labute approximate surface area is 122 Å². The molecule has 2 aliphatic heterocycles. The van der Waals surface area contributed by atoms with E-state index in [1.165, 1.54) is 0 Å². The summed E-state index contributed by atoms with van der Waals surface area (Å²) in [6, 6.07) is 0. The zero-order valence-electron chi connectivity index (χ0n) is 11.4. The Balaban J connectivity index is 2.27. The summed E-state index contributed by atoms with van der Waals surface area (Å²) >= 11 is 6.45. The molecule has 2 heterocycles. The van der Waals surface area contributed by atoms with Crippen molar-refractivity contribution in [3.05, 3.63) is 21.7 Å². The van der Waals surface area contributed by atoms with Crippen molar-refractivity contribution in [1.29, 1.82) is 0 Å². The van der Waals surface area contributed by atoms with Crippen molar-refractivity contribution in [3.63, 3.8) is 0 Å². The van der Waals surface area contributed by atoms with E-state index in [0.717, 1.165) is 42.4 Å². The molecule has 0 saturated carbocycles. The van der Waals surface area contributed by atoms with Crippen molar-refractivity contribution >= 4 is 17.6 Å². The summed E-state index contributed by atoms with van der Waals surface area (Å²) in [7, 11) is 0. The van der Waals surface area contributed by atoms with Gasteiger partial charge in [-0.05, 0) is 32.6 Å². The molecule has 5 heteroatoms. The molecule has 3 rings (SSSR count). The van der Waals surface area contributed by atoms with Crippen LogP contribution in [0.5, 0.6) is 11.5 Å². The SMILES string of the molecule is CC(C(=O)O)c1c2c(c(Cl)c3c1OCCC3)OCCC2. The number of carbonyl (C=O) groups is 1. The molecule has 1 aromatic carbocycles. The van der Waals surface area contributed by atoms with Crippen LogP contribution in [-0.2, 0) is 17.6 Å². The summed E-state index contributed by atoms with van der Waals surface area (Å²) in [4.78, 5) is 11.4. The fraction of sp³-hybridized carbons (Fsp3) is 0.533. The Bertz CT molecular complexity index is 530. The Morgan fingerprint density at radius 3 is 2.40 bits per heavy atom. The van der Waals surface area contributed by atoms with Crippen LogP contribution >= 0.6 is 11.6 Å². The van der Waals surface area contributed by atoms with Gasteiger partial charge in [-0.15, -0.1) is 0 Å². The molecule has 0 fully saturated rings. The van der Waals surface area contributed by atoms with Crippen LogP contribution < -0.4 is 9.47 Å². The third kappa shape index (κ3) is 2.03. The molecule has 1 atom stereocenters. The van der Waals surface area contributed by atoms with Crippen molar-refractivity contribution in [2.75, 3.05) is 13.2 Å². The number of benzene rings is 1. The summed E-state index contributed by atoms with van der Waals surface area (Å²) < 4.78 is 11.5. The van der Waals surface area contributed by atoms with E-state index in [0.29, 0.717) is 29.7 Å². The lowest BCUT2D eigenvalue weighted by Crippen LogP contribution is -2.21. The third-order valence-electron chi connectivity index (χ3n) is 4.02. The molecule has 20 heavy (non-hydrogen) atoms. The summed E-state index contributed by atoms with van der Waals surface area (Å²) in [6.07, 6.45) is 3.37. The highest BCUT2D eigenvalue weighted by atomic mass is 35.5. The maximum absolute atomic E-state index is 11.4. The van der Waals surface area contributed by atoms with E-state index in [1.54, 1.807) is 6.92 Å². The van der Waals surface area contributed by atoms with E-state index in [2.05, 4.69) is 0 Å². The van der Waals surface area contributed by atoms with Crippen LogP contribution in [0.4, 0.5) is 0 Å². The smallest absolute Gasteiger partial charge is 0.310 e. The molecule has 0 radical (unpaired) electrons. The minimum absolute atomic E-state index is 0.607. The molecule has 0 aliphatic carbocycles. The second-order valence-electron chi connectivity index (χ2n) is 5.31. The van der Waals surface area contributed by atoms with Gasteiger partial charge in [-0.3, -0.25) is 4.79 Å². The molecule has 0 amide bonds. The van der Waals surface area contributed by atoms with Gasteiger partial charge >= 0.3 is 5.97 Å². The molecule has 0 saturated heterocycles. The fourth-order valence-electron chi connectivity index (χ4n) is 3.01. The number of carboxylic acids is 1. The van der Waals surface area contributed by atoms with Gasteiger partial charge in [0.05, 0.1) is 24.2 Å². The minimum atomic E-state index is -0.850. The average molecular weight is 297 g/mol. The molecule has 0 bridgehead atoms. The first-order chi connectivity index (χ1) is 9.61. The van der Waals surface area contributed by atoms with Crippen LogP contribution in [0.25, 0.3) is 0 Å². The number of rotatable bonds is 2. The molecule has 0 aromatic heterocycles. The molecule has 2 aliphatic rings. The summed E-state index contributed by atoms with van der Waals surface area (Å²) in [5.74, 6) is -0.114. The van der Waals surface area contributed by atoms with Crippen LogP contribution in [0.3, 0.4) is 0 Å². The number of hydrogen-bond donors (Lipinski definition) is 1. The monoisotopic (exact) mass is 296 g/mol. The van der Waals surface area contributed by atoms with Gasteiger partial charge in [0.15, 0.2) is 0 Å². The first-order valence-electron chi connectivity index (χ1n) is 6.96. The number of aliphatic carboxylic acids is 1. The lowest BCUT2D eigenvalue weighted by atomic mass is 9.87. The quantitative estimate of drug-likeness (QED) is 0.910. The van der Waals surface area contributed by atoms with E-state index in [1.807, 2.05) is 0 Å². The van der Waals surface area contributed by atoms with Crippen LogP contribution in [0.15, 0.2) is 0 Å². The number of hydrogen-bond acceptors (Lipinski definition) is 3. The Morgan fingerprint density at radius 1 is 1.15 bits per heavy atom. The number of carboxylic acid groups (broad SMARTS) is 1. The summed E-state index contributed by atoms with van der Waals surface area (Å²) in [5, 5.41) is 9.99.